The van der Waals surface area contributed by atoms with Crippen molar-refractivity contribution in [1.82, 2.24) is 24.6 Å². The van der Waals surface area contributed by atoms with Gasteiger partial charge in [-0.2, -0.15) is 5.10 Å². The summed E-state index contributed by atoms with van der Waals surface area (Å²) in [6.45, 7) is 0.370. The molecule has 140 valence electrons. The van der Waals surface area contributed by atoms with Crippen LogP contribution >= 0.6 is 11.3 Å². The van der Waals surface area contributed by atoms with Gasteiger partial charge < -0.3 is 10.6 Å². The van der Waals surface area contributed by atoms with Gasteiger partial charge in [0.25, 0.3) is 5.91 Å². The smallest absolute Gasteiger partial charge is 0.276 e. The van der Waals surface area contributed by atoms with Gasteiger partial charge in [0.05, 0.1) is 10.6 Å². The first-order chi connectivity index (χ1) is 13.6. The number of carbonyl (C=O) groups excluding carboxylic acids is 1. The molecule has 7 nitrogen and oxygen atoms in total. The van der Waals surface area contributed by atoms with Crippen LogP contribution in [-0.4, -0.2) is 37.6 Å². The van der Waals surface area contributed by atoms with E-state index in [9.17, 15) is 4.79 Å². The van der Waals surface area contributed by atoms with Crippen molar-refractivity contribution < 1.29 is 4.79 Å². The maximum absolute atomic E-state index is 12.8. The van der Waals surface area contributed by atoms with Crippen molar-refractivity contribution in [3.8, 4) is 16.3 Å². The molecule has 4 rings (SSSR count). The highest BCUT2D eigenvalue weighted by Crippen LogP contribution is 2.28. The van der Waals surface area contributed by atoms with Gasteiger partial charge in [0.15, 0.2) is 11.5 Å². The second-order valence-corrected chi connectivity index (χ2v) is 7.16. The third kappa shape index (κ3) is 3.49. The normalized spacial score (nSPS) is 10.8. The van der Waals surface area contributed by atoms with Crippen molar-refractivity contribution in [3.05, 3.63) is 77.7 Å². The van der Waals surface area contributed by atoms with E-state index in [2.05, 4.69) is 9.97 Å². The predicted molar refractivity (Wildman–Crippen MR) is 109 cm³/mol. The van der Waals surface area contributed by atoms with E-state index in [0.29, 0.717) is 6.54 Å². The topological polar surface area (TPSA) is 89.9 Å². The van der Waals surface area contributed by atoms with Crippen LogP contribution < -0.4 is 5.73 Å². The second kappa shape index (κ2) is 7.61. The van der Waals surface area contributed by atoms with Crippen LogP contribution in [0.2, 0.25) is 0 Å². The Balaban J connectivity index is 1.67. The molecule has 0 unspecified atom stereocenters. The number of carbonyl (C=O) groups is 1. The molecule has 0 spiro atoms. The lowest BCUT2D eigenvalue weighted by Gasteiger charge is -2.16. The Labute approximate surface area is 166 Å². The minimum absolute atomic E-state index is 0.123. The van der Waals surface area contributed by atoms with Gasteiger partial charge in [-0.25, -0.2) is 14.6 Å². The number of nitrogen functional groups attached to an aromatic ring is 1. The molecule has 0 radical (unpaired) electrons. The maximum atomic E-state index is 12.8. The lowest BCUT2D eigenvalue weighted by atomic mass is 10.2. The monoisotopic (exact) mass is 390 g/mol. The number of amides is 1. The number of anilines is 1. The van der Waals surface area contributed by atoms with Gasteiger partial charge >= 0.3 is 0 Å². The highest BCUT2D eigenvalue weighted by atomic mass is 32.1. The van der Waals surface area contributed by atoms with Gasteiger partial charge in [0.2, 0.25) is 0 Å². The summed E-state index contributed by atoms with van der Waals surface area (Å²) >= 11 is 1.61. The van der Waals surface area contributed by atoms with E-state index >= 15 is 0 Å². The molecule has 0 bridgehead atoms. The fourth-order valence-electron chi connectivity index (χ4n) is 2.88. The summed E-state index contributed by atoms with van der Waals surface area (Å²) in [7, 11) is 1.72. The van der Waals surface area contributed by atoms with Gasteiger partial charge in [-0.15, -0.1) is 11.3 Å². The molecule has 8 heteroatoms. The molecule has 28 heavy (non-hydrogen) atoms. The van der Waals surface area contributed by atoms with E-state index < -0.39 is 0 Å². The number of rotatable bonds is 5. The van der Waals surface area contributed by atoms with Crippen molar-refractivity contribution in [2.24, 2.45) is 0 Å². The fraction of sp³-hybridized carbons (Fsp3) is 0.100. The number of nitrogens with two attached hydrogens (primary N) is 1. The molecule has 4 aromatic rings. The number of benzene rings is 1. The van der Waals surface area contributed by atoms with Crippen LogP contribution in [-0.2, 0) is 6.54 Å². The van der Waals surface area contributed by atoms with Crippen LogP contribution in [0.4, 0.5) is 5.82 Å². The largest absolute Gasteiger partial charge is 0.382 e. The van der Waals surface area contributed by atoms with Crippen LogP contribution in [0.15, 0.2) is 66.4 Å². The van der Waals surface area contributed by atoms with Gasteiger partial charge in [-0.3, -0.25) is 4.79 Å². The Hall–Kier alpha value is -3.52. The molecule has 3 heterocycles. The zero-order valence-electron chi connectivity index (χ0n) is 15.2. The Morgan fingerprint density at radius 3 is 2.64 bits per heavy atom. The third-order valence-corrected chi connectivity index (χ3v) is 5.13. The van der Waals surface area contributed by atoms with Crippen LogP contribution in [0.25, 0.3) is 16.3 Å². The quantitative estimate of drug-likeness (QED) is 0.565. The first-order valence-corrected chi connectivity index (χ1v) is 9.51. The third-order valence-electron chi connectivity index (χ3n) is 4.25. The molecule has 1 aromatic carbocycles. The van der Waals surface area contributed by atoms with Crippen molar-refractivity contribution in [1.29, 1.82) is 0 Å². The van der Waals surface area contributed by atoms with E-state index in [0.717, 1.165) is 21.8 Å². The van der Waals surface area contributed by atoms with Crippen molar-refractivity contribution >= 4 is 23.1 Å². The Morgan fingerprint density at radius 2 is 1.93 bits per heavy atom. The summed E-state index contributed by atoms with van der Waals surface area (Å²) in [4.78, 5) is 23.4. The molecule has 0 fully saturated rings. The summed E-state index contributed by atoms with van der Waals surface area (Å²) < 4.78 is 1.83. The van der Waals surface area contributed by atoms with Gasteiger partial charge in [-0.1, -0.05) is 24.3 Å². The Bertz CT molecular complexity index is 1090. The fourth-order valence-corrected chi connectivity index (χ4v) is 3.63. The second-order valence-electron chi connectivity index (χ2n) is 6.21. The number of nitrogens with zero attached hydrogens (tertiary/aromatic N) is 5. The minimum Gasteiger partial charge on any atom is -0.382 e. The highest BCUT2D eigenvalue weighted by molar-refractivity contribution is 7.13. The number of aromatic nitrogens is 4. The molecule has 3 aromatic heterocycles. The van der Waals surface area contributed by atoms with Gasteiger partial charge in [-0.05, 0) is 23.6 Å². The summed E-state index contributed by atoms with van der Waals surface area (Å²) in [6.07, 6.45) is 4.88. The van der Waals surface area contributed by atoms with E-state index in [1.165, 1.54) is 12.4 Å². The SMILES string of the molecule is CN(Cc1cn(-c2ccccc2)nc1-c1cccs1)C(=O)c1nccnc1N. The molecule has 2 N–H and O–H groups in total. The summed E-state index contributed by atoms with van der Waals surface area (Å²) in [5, 5.41) is 6.77. The standard InChI is InChI=1S/C20H18N6OS/c1-25(20(27)18-19(21)23-10-9-22-18)12-14-13-26(15-6-3-2-4-7-15)24-17(14)16-8-5-11-28-16/h2-11,13H,12H2,1H3,(H2,21,23). The number of hydrogen-bond donors (Lipinski definition) is 1. The zero-order chi connectivity index (χ0) is 19.5. The molecule has 0 aliphatic heterocycles. The van der Waals surface area contributed by atoms with Crippen LogP contribution in [0.5, 0.6) is 0 Å². The Kier molecular flexibility index (Phi) is 4.86. The number of para-hydroxylation sites is 1. The lowest BCUT2D eigenvalue weighted by molar-refractivity contribution is 0.0780. The average Bonchev–Trinajstić information content (AvgIpc) is 3.38. The zero-order valence-corrected chi connectivity index (χ0v) is 16.0. The maximum Gasteiger partial charge on any atom is 0.276 e. The minimum atomic E-state index is -0.282. The van der Waals surface area contributed by atoms with Gasteiger partial charge in [0.1, 0.15) is 5.69 Å². The lowest BCUT2D eigenvalue weighted by Crippen LogP contribution is -2.28. The van der Waals surface area contributed by atoms with E-state index in [1.807, 2.05) is 58.7 Å². The van der Waals surface area contributed by atoms with Gasteiger partial charge in [0, 0.05) is 37.7 Å². The average molecular weight is 390 g/mol. The molecule has 0 aliphatic rings. The van der Waals surface area contributed by atoms with E-state index in [-0.39, 0.29) is 17.4 Å². The molecular formula is C20H18N6OS. The number of thiophene rings is 1. The predicted octanol–water partition coefficient (Wildman–Crippen LogP) is 3.25. The van der Waals surface area contributed by atoms with Crippen molar-refractivity contribution in [3.63, 3.8) is 0 Å². The van der Waals surface area contributed by atoms with Crippen LogP contribution in [0.3, 0.4) is 0 Å². The molecule has 0 atom stereocenters. The molecule has 0 saturated carbocycles. The molecule has 1 amide bonds. The van der Waals surface area contributed by atoms with Crippen molar-refractivity contribution in [2.75, 3.05) is 12.8 Å². The summed E-state index contributed by atoms with van der Waals surface area (Å²) in [5.74, 6) is -0.159. The Morgan fingerprint density at radius 1 is 1.14 bits per heavy atom. The van der Waals surface area contributed by atoms with E-state index in [4.69, 9.17) is 10.8 Å². The number of hydrogen-bond acceptors (Lipinski definition) is 6. The first-order valence-electron chi connectivity index (χ1n) is 8.63. The van der Waals surface area contributed by atoms with Crippen LogP contribution in [0, 0.1) is 0 Å². The molecule has 0 aliphatic carbocycles. The first kappa shape index (κ1) is 17.9. The van der Waals surface area contributed by atoms with Crippen LogP contribution in [0.1, 0.15) is 16.1 Å². The highest BCUT2D eigenvalue weighted by Gasteiger charge is 2.20. The van der Waals surface area contributed by atoms with Crippen molar-refractivity contribution in [2.45, 2.75) is 6.54 Å². The molecular weight excluding hydrogens is 372 g/mol. The molecule has 0 saturated heterocycles. The summed E-state index contributed by atoms with van der Waals surface area (Å²) in [5.41, 5.74) is 8.70. The van der Waals surface area contributed by atoms with E-state index in [1.54, 1.807) is 23.3 Å². The summed E-state index contributed by atoms with van der Waals surface area (Å²) in [6, 6.07) is 13.9.